The summed E-state index contributed by atoms with van der Waals surface area (Å²) >= 11 is 14.4. The number of hydrazine groups is 1. The van der Waals surface area contributed by atoms with Crippen LogP contribution in [0.4, 0.5) is 5.69 Å². The first-order valence-corrected chi connectivity index (χ1v) is 9.31. The summed E-state index contributed by atoms with van der Waals surface area (Å²) in [6.07, 6.45) is 8.39. The number of alkyl halides is 2. The minimum Gasteiger partial charge on any atom is -0.331 e. The molecule has 0 spiro atoms. The number of nitrogens with one attached hydrogen (secondary N) is 3. The maximum absolute atomic E-state index is 12.1. The SMILES string of the molecule is C#CC(C(=O)NNC(=S)Nc1ccccc1)c1ccccc1.CCl.CCl. The first kappa shape index (κ1) is 23.7. The lowest BCUT2D eigenvalue weighted by Gasteiger charge is -2.14. The lowest BCUT2D eigenvalue weighted by atomic mass is 10.00. The summed E-state index contributed by atoms with van der Waals surface area (Å²) in [5.74, 6) is 1.46. The smallest absolute Gasteiger partial charge is 0.258 e. The zero-order chi connectivity index (χ0) is 19.8. The van der Waals surface area contributed by atoms with Crippen LogP contribution in [-0.2, 0) is 4.79 Å². The van der Waals surface area contributed by atoms with Gasteiger partial charge in [-0.25, -0.2) is 0 Å². The molecule has 2 aromatic carbocycles. The first-order chi connectivity index (χ1) is 12.7. The summed E-state index contributed by atoms with van der Waals surface area (Å²) < 4.78 is 0. The molecule has 0 heterocycles. The molecule has 4 nitrogen and oxygen atoms in total. The number of anilines is 1. The lowest BCUT2D eigenvalue weighted by molar-refractivity contribution is -0.121. The number of halogens is 2. The molecule has 0 radical (unpaired) electrons. The zero-order valence-corrected chi connectivity index (χ0v) is 16.8. The van der Waals surface area contributed by atoms with Gasteiger partial charge in [0.1, 0.15) is 5.92 Å². The molecule has 1 atom stereocenters. The van der Waals surface area contributed by atoms with Crippen molar-refractivity contribution in [1.82, 2.24) is 10.9 Å². The molecular weight excluding hydrogens is 389 g/mol. The predicted molar refractivity (Wildman–Crippen MR) is 116 cm³/mol. The number of carbonyl (C=O) groups excluding carboxylic acids is 1. The fourth-order valence-corrected chi connectivity index (χ4v) is 2.01. The van der Waals surface area contributed by atoms with Crippen LogP contribution in [0.15, 0.2) is 60.7 Å². The van der Waals surface area contributed by atoms with E-state index in [9.17, 15) is 4.79 Å². The van der Waals surface area contributed by atoms with E-state index >= 15 is 0 Å². The normalized spacial score (nSPS) is 9.65. The van der Waals surface area contributed by atoms with E-state index in [0.29, 0.717) is 0 Å². The average molecular weight is 410 g/mol. The molecule has 3 N–H and O–H groups in total. The van der Waals surface area contributed by atoms with E-state index in [1.807, 2.05) is 60.7 Å². The van der Waals surface area contributed by atoms with Gasteiger partial charge in [-0.15, -0.1) is 29.6 Å². The zero-order valence-electron chi connectivity index (χ0n) is 14.5. The molecule has 26 heavy (non-hydrogen) atoms. The second kappa shape index (κ2) is 15.0. The monoisotopic (exact) mass is 409 g/mol. The third kappa shape index (κ3) is 8.72. The van der Waals surface area contributed by atoms with Gasteiger partial charge in [0.15, 0.2) is 5.11 Å². The van der Waals surface area contributed by atoms with Crippen molar-refractivity contribution in [3.8, 4) is 12.3 Å². The Morgan fingerprint density at radius 2 is 1.46 bits per heavy atom. The molecule has 0 aromatic heterocycles. The summed E-state index contributed by atoms with van der Waals surface area (Å²) in [6, 6.07) is 18.6. The van der Waals surface area contributed by atoms with Crippen LogP contribution in [0.5, 0.6) is 0 Å². The van der Waals surface area contributed by atoms with Gasteiger partial charge in [0, 0.05) is 18.5 Å². The molecule has 7 heteroatoms. The highest BCUT2D eigenvalue weighted by Gasteiger charge is 2.17. The van der Waals surface area contributed by atoms with E-state index in [0.717, 1.165) is 11.3 Å². The van der Waals surface area contributed by atoms with E-state index in [1.165, 1.54) is 12.8 Å². The molecule has 0 aliphatic carbocycles. The Morgan fingerprint density at radius 1 is 0.962 bits per heavy atom. The van der Waals surface area contributed by atoms with Gasteiger partial charge in [0.2, 0.25) is 0 Å². The quantitative estimate of drug-likeness (QED) is 0.308. The van der Waals surface area contributed by atoms with Gasteiger partial charge in [-0.1, -0.05) is 54.5 Å². The summed E-state index contributed by atoms with van der Waals surface area (Å²) in [5, 5.41) is 3.23. The van der Waals surface area contributed by atoms with Crippen molar-refractivity contribution in [3.05, 3.63) is 66.2 Å². The number of para-hydroxylation sites is 1. The maximum Gasteiger partial charge on any atom is 0.258 e. The molecule has 0 saturated carbocycles. The number of rotatable bonds is 3. The van der Waals surface area contributed by atoms with Crippen molar-refractivity contribution >= 4 is 52.1 Å². The Kier molecular flexibility index (Phi) is 13.7. The van der Waals surface area contributed by atoms with Crippen LogP contribution >= 0.6 is 35.4 Å². The first-order valence-electron chi connectivity index (χ1n) is 7.39. The standard InChI is InChI=1S/C17H15N3OS.2CH3Cl/c1-2-15(13-9-5-3-6-10-13)16(21)19-20-17(22)18-14-11-7-4-8-12-14;2*1-2/h1,3-12,15H,(H,19,21)(H2,18,20,22);2*1H3. The van der Waals surface area contributed by atoms with Gasteiger partial charge >= 0.3 is 0 Å². The van der Waals surface area contributed by atoms with Gasteiger partial charge in [0.25, 0.3) is 5.91 Å². The molecule has 138 valence electrons. The van der Waals surface area contributed by atoms with Crippen molar-refractivity contribution in [3.63, 3.8) is 0 Å². The Labute approximate surface area is 170 Å². The van der Waals surface area contributed by atoms with Crippen LogP contribution in [0.2, 0.25) is 0 Å². The van der Waals surface area contributed by atoms with Crippen molar-refractivity contribution in [1.29, 1.82) is 0 Å². The van der Waals surface area contributed by atoms with Crippen LogP contribution in [0, 0.1) is 12.3 Å². The van der Waals surface area contributed by atoms with E-state index in [4.69, 9.17) is 18.6 Å². The van der Waals surface area contributed by atoms with E-state index in [2.05, 4.69) is 45.3 Å². The number of hydrogen-bond donors (Lipinski definition) is 3. The fraction of sp³-hybridized carbons (Fsp3) is 0.158. The molecule has 0 aliphatic heterocycles. The summed E-state index contributed by atoms with van der Waals surface area (Å²) in [7, 11) is 0. The summed E-state index contributed by atoms with van der Waals surface area (Å²) in [5.41, 5.74) is 6.74. The van der Waals surface area contributed by atoms with Gasteiger partial charge in [-0.2, -0.15) is 0 Å². The number of amides is 1. The van der Waals surface area contributed by atoms with Crippen LogP contribution < -0.4 is 16.2 Å². The highest BCUT2D eigenvalue weighted by atomic mass is 35.5. The lowest BCUT2D eigenvalue weighted by Crippen LogP contribution is -2.45. The van der Waals surface area contributed by atoms with Gasteiger partial charge < -0.3 is 5.32 Å². The Bertz CT molecular complexity index is 691. The number of benzene rings is 2. The third-order valence-corrected chi connectivity index (χ3v) is 3.10. The highest BCUT2D eigenvalue weighted by Crippen LogP contribution is 2.14. The Morgan fingerprint density at radius 3 is 1.96 bits per heavy atom. The third-order valence-electron chi connectivity index (χ3n) is 2.89. The molecule has 0 fully saturated rings. The van der Waals surface area contributed by atoms with Crippen LogP contribution in [0.1, 0.15) is 11.5 Å². The molecule has 0 bridgehead atoms. The number of hydrogen-bond acceptors (Lipinski definition) is 2. The van der Waals surface area contributed by atoms with Crippen LogP contribution in [0.25, 0.3) is 0 Å². The van der Waals surface area contributed by atoms with Gasteiger partial charge in [-0.3, -0.25) is 15.6 Å². The van der Waals surface area contributed by atoms with E-state index < -0.39 is 5.92 Å². The molecule has 1 amide bonds. The Balaban J connectivity index is 0.00000146. The van der Waals surface area contributed by atoms with Crippen molar-refractivity contribution in [2.45, 2.75) is 5.92 Å². The van der Waals surface area contributed by atoms with Crippen molar-refractivity contribution in [2.24, 2.45) is 0 Å². The van der Waals surface area contributed by atoms with Crippen LogP contribution in [0.3, 0.4) is 0 Å². The highest BCUT2D eigenvalue weighted by molar-refractivity contribution is 7.80. The van der Waals surface area contributed by atoms with Crippen molar-refractivity contribution in [2.75, 3.05) is 18.1 Å². The second-order valence-electron chi connectivity index (χ2n) is 4.44. The maximum atomic E-state index is 12.1. The Hall–Kier alpha value is -2.26. The number of thiocarbonyl (C=S) groups is 1. The number of carbonyl (C=O) groups is 1. The average Bonchev–Trinajstić information content (AvgIpc) is 2.72. The molecule has 1 unspecified atom stereocenters. The molecule has 2 rings (SSSR count). The predicted octanol–water partition coefficient (Wildman–Crippen LogP) is 4.13. The van der Waals surface area contributed by atoms with Crippen LogP contribution in [-0.4, -0.2) is 23.8 Å². The molecule has 2 aromatic rings. The van der Waals surface area contributed by atoms with Crippen molar-refractivity contribution < 1.29 is 4.79 Å². The van der Waals surface area contributed by atoms with Gasteiger partial charge in [0.05, 0.1) is 0 Å². The molecular formula is C19H21Cl2N3OS. The summed E-state index contributed by atoms with van der Waals surface area (Å²) in [6.45, 7) is 0. The fourth-order valence-electron chi connectivity index (χ4n) is 1.84. The largest absolute Gasteiger partial charge is 0.331 e. The minimum absolute atomic E-state index is 0.281. The topological polar surface area (TPSA) is 53.2 Å². The van der Waals surface area contributed by atoms with E-state index in [1.54, 1.807) is 0 Å². The molecule has 0 aliphatic rings. The minimum atomic E-state index is -0.673. The second-order valence-corrected chi connectivity index (χ2v) is 4.85. The van der Waals surface area contributed by atoms with E-state index in [-0.39, 0.29) is 11.0 Å². The van der Waals surface area contributed by atoms with Gasteiger partial charge in [-0.05, 0) is 29.9 Å². The molecule has 0 saturated heterocycles. The summed E-state index contributed by atoms with van der Waals surface area (Å²) in [4.78, 5) is 12.1. The number of terminal acetylenes is 1.